The van der Waals surface area contributed by atoms with Crippen LogP contribution in [0.1, 0.15) is 51.1 Å². The van der Waals surface area contributed by atoms with Crippen LogP contribution >= 0.6 is 0 Å². The highest BCUT2D eigenvalue weighted by Crippen LogP contribution is 2.25. The highest BCUT2D eigenvalue weighted by Gasteiger charge is 2.26. The van der Waals surface area contributed by atoms with E-state index in [1.807, 2.05) is 25.1 Å². The fraction of sp³-hybridized carbons (Fsp3) is 0.304. The van der Waals surface area contributed by atoms with E-state index in [1.165, 1.54) is 6.26 Å². The van der Waals surface area contributed by atoms with E-state index in [0.29, 0.717) is 17.8 Å². The normalized spacial score (nSPS) is 15.1. The van der Waals surface area contributed by atoms with Crippen molar-refractivity contribution >= 4 is 17.5 Å². The summed E-state index contributed by atoms with van der Waals surface area (Å²) in [6.45, 7) is 4.32. The van der Waals surface area contributed by atoms with Gasteiger partial charge in [-0.05, 0) is 74.8 Å². The standard InChI is InChI=1S/C23H25N3O4/c1-16-8-9-17(14-18(16)25-23(28)21-7-5-13-30-21)22(27)24-15-19(20-6-4-12-29-20)26-10-2-3-11-26/h4-9,12-14,19H,2-3,10-11,15H2,1H3,(H,24,27)(H,25,28)/t19-/m1/s1. The molecule has 156 valence electrons. The minimum Gasteiger partial charge on any atom is -0.468 e. The Kier molecular flexibility index (Phi) is 5.99. The lowest BCUT2D eigenvalue weighted by Crippen LogP contribution is -2.36. The van der Waals surface area contributed by atoms with Crippen molar-refractivity contribution in [1.29, 1.82) is 0 Å². The summed E-state index contributed by atoms with van der Waals surface area (Å²) in [4.78, 5) is 27.4. The zero-order valence-electron chi connectivity index (χ0n) is 16.9. The molecule has 0 radical (unpaired) electrons. The Labute approximate surface area is 175 Å². The summed E-state index contributed by atoms with van der Waals surface area (Å²) in [5.41, 5.74) is 1.91. The zero-order valence-corrected chi connectivity index (χ0v) is 16.9. The number of furan rings is 2. The summed E-state index contributed by atoms with van der Waals surface area (Å²) >= 11 is 0. The molecule has 4 rings (SSSR count). The van der Waals surface area contributed by atoms with Gasteiger partial charge in [0.05, 0.1) is 18.6 Å². The van der Waals surface area contributed by atoms with Crippen LogP contribution in [0.2, 0.25) is 0 Å². The first-order valence-electron chi connectivity index (χ1n) is 10.1. The number of carbonyl (C=O) groups excluding carboxylic acids is 2. The number of likely N-dealkylation sites (tertiary alicyclic amines) is 1. The number of anilines is 1. The van der Waals surface area contributed by atoms with Crippen LogP contribution in [-0.2, 0) is 0 Å². The molecule has 0 spiro atoms. The molecule has 1 aliphatic rings. The van der Waals surface area contributed by atoms with Crippen molar-refractivity contribution in [3.63, 3.8) is 0 Å². The van der Waals surface area contributed by atoms with E-state index in [-0.39, 0.29) is 23.6 Å². The maximum Gasteiger partial charge on any atom is 0.291 e. The first-order valence-corrected chi connectivity index (χ1v) is 10.1. The summed E-state index contributed by atoms with van der Waals surface area (Å²) in [7, 11) is 0. The Balaban J connectivity index is 1.44. The molecule has 0 saturated carbocycles. The number of hydrogen-bond acceptors (Lipinski definition) is 5. The highest BCUT2D eigenvalue weighted by molar-refractivity contribution is 6.03. The van der Waals surface area contributed by atoms with E-state index in [0.717, 1.165) is 37.3 Å². The molecule has 1 saturated heterocycles. The van der Waals surface area contributed by atoms with Crippen molar-refractivity contribution in [3.05, 3.63) is 77.6 Å². The number of hydrogen-bond donors (Lipinski definition) is 2. The first-order chi connectivity index (χ1) is 14.6. The van der Waals surface area contributed by atoms with Gasteiger partial charge in [-0.25, -0.2) is 0 Å². The SMILES string of the molecule is Cc1ccc(C(=O)NC[C@H](c2ccco2)N2CCCC2)cc1NC(=O)c1ccco1. The number of amides is 2. The molecular weight excluding hydrogens is 382 g/mol. The van der Waals surface area contributed by atoms with Crippen LogP contribution in [0.25, 0.3) is 0 Å². The van der Waals surface area contributed by atoms with Crippen molar-refractivity contribution in [3.8, 4) is 0 Å². The molecule has 0 unspecified atom stereocenters. The van der Waals surface area contributed by atoms with Gasteiger partial charge in [0.25, 0.3) is 11.8 Å². The second-order valence-electron chi connectivity index (χ2n) is 7.45. The van der Waals surface area contributed by atoms with Crippen LogP contribution in [0.3, 0.4) is 0 Å². The molecule has 0 aliphatic carbocycles. The zero-order chi connectivity index (χ0) is 20.9. The highest BCUT2D eigenvalue weighted by atomic mass is 16.3. The molecule has 2 amide bonds. The topological polar surface area (TPSA) is 87.7 Å². The second-order valence-corrected chi connectivity index (χ2v) is 7.45. The smallest absolute Gasteiger partial charge is 0.291 e. The van der Waals surface area contributed by atoms with Crippen LogP contribution in [0.4, 0.5) is 5.69 Å². The van der Waals surface area contributed by atoms with Gasteiger partial charge in [0.15, 0.2) is 5.76 Å². The first kappa shape index (κ1) is 20.0. The Morgan fingerprint density at radius 1 is 1.03 bits per heavy atom. The van der Waals surface area contributed by atoms with Gasteiger partial charge in [-0.3, -0.25) is 14.5 Å². The molecule has 30 heavy (non-hydrogen) atoms. The minimum atomic E-state index is -0.354. The molecule has 1 aliphatic heterocycles. The van der Waals surface area contributed by atoms with E-state index >= 15 is 0 Å². The Morgan fingerprint density at radius 2 is 1.80 bits per heavy atom. The third-order valence-electron chi connectivity index (χ3n) is 5.40. The third kappa shape index (κ3) is 4.46. The quantitative estimate of drug-likeness (QED) is 0.618. The number of carbonyl (C=O) groups is 2. The minimum absolute atomic E-state index is 0.00928. The van der Waals surface area contributed by atoms with Crippen molar-refractivity contribution in [1.82, 2.24) is 10.2 Å². The Bertz CT molecular complexity index is 990. The maximum absolute atomic E-state index is 12.8. The molecular formula is C23H25N3O4. The summed E-state index contributed by atoms with van der Waals surface area (Å²) < 4.78 is 10.7. The van der Waals surface area contributed by atoms with Crippen LogP contribution in [0.5, 0.6) is 0 Å². The van der Waals surface area contributed by atoms with Crippen molar-refractivity contribution in [2.45, 2.75) is 25.8 Å². The van der Waals surface area contributed by atoms with Gasteiger partial charge in [0.2, 0.25) is 0 Å². The van der Waals surface area contributed by atoms with E-state index < -0.39 is 0 Å². The van der Waals surface area contributed by atoms with Gasteiger partial charge in [0, 0.05) is 17.8 Å². The predicted octanol–water partition coefficient (Wildman–Crippen LogP) is 4.00. The van der Waals surface area contributed by atoms with Crippen LogP contribution in [0, 0.1) is 6.92 Å². The monoisotopic (exact) mass is 407 g/mol. The lowest BCUT2D eigenvalue weighted by molar-refractivity contribution is 0.0932. The Morgan fingerprint density at radius 3 is 2.50 bits per heavy atom. The number of aryl methyl sites for hydroxylation is 1. The van der Waals surface area contributed by atoms with Gasteiger partial charge >= 0.3 is 0 Å². The second kappa shape index (κ2) is 9.00. The summed E-state index contributed by atoms with van der Waals surface area (Å²) in [5.74, 6) is 0.524. The number of nitrogens with zero attached hydrogens (tertiary/aromatic N) is 1. The molecule has 2 aromatic heterocycles. The number of rotatable bonds is 7. The molecule has 7 nitrogen and oxygen atoms in total. The van der Waals surface area contributed by atoms with Gasteiger partial charge in [0.1, 0.15) is 5.76 Å². The molecule has 3 aromatic rings. The lowest BCUT2D eigenvalue weighted by atomic mass is 10.1. The van der Waals surface area contributed by atoms with Crippen molar-refractivity contribution < 1.29 is 18.4 Å². The predicted molar refractivity (Wildman–Crippen MR) is 112 cm³/mol. The molecule has 1 atom stereocenters. The average molecular weight is 407 g/mol. The average Bonchev–Trinajstić information content (AvgIpc) is 3.52. The van der Waals surface area contributed by atoms with Crippen LogP contribution < -0.4 is 10.6 Å². The fourth-order valence-electron chi connectivity index (χ4n) is 3.72. The van der Waals surface area contributed by atoms with E-state index in [2.05, 4.69) is 15.5 Å². The summed E-state index contributed by atoms with van der Waals surface area (Å²) in [6.07, 6.45) is 5.42. The summed E-state index contributed by atoms with van der Waals surface area (Å²) in [5, 5.41) is 5.82. The molecule has 3 heterocycles. The van der Waals surface area contributed by atoms with Crippen LogP contribution in [-0.4, -0.2) is 36.3 Å². The molecule has 7 heteroatoms. The fourth-order valence-corrected chi connectivity index (χ4v) is 3.72. The maximum atomic E-state index is 12.8. The van der Waals surface area contributed by atoms with E-state index in [1.54, 1.807) is 30.5 Å². The van der Waals surface area contributed by atoms with Crippen molar-refractivity contribution in [2.24, 2.45) is 0 Å². The Hall–Kier alpha value is -3.32. The lowest BCUT2D eigenvalue weighted by Gasteiger charge is -2.26. The third-order valence-corrected chi connectivity index (χ3v) is 5.40. The van der Waals surface area contributed by atoms with E-state index in [9.17, 15) is 9.59 Å². The van der Waals surface area contributed by atoms with Crippen molar-refractivity contribution in [2.75, 3.05) is 25.0 Å². The molecule has 1 aromatic carbocycles. The number of benzene rings is 1. The summed E-state index contributed by atoms with van der Waals surface area (Å²) in [6, 6.07) is 12.3. The van der Waals surface area contributed by atoms with Gasteiger partial charge in [-0.1, -0.05) is 6.07 Å². The number of nitrogens with one attached hydrogen (secondary N) is 2. The molecule has 0 bridgehead atoms. The van der Waals surface area contributed by atoms with Gasteiger partial charge in [-0.15, -0.1) is 0 Å². The van der Waals surface area contributed by atoms with E-state index in [4.69, 9.17) is 8.83 Å². The van der Waals surface area contributed by atoms with Crippen LogP contribution in [0.15, 0.2) is 63.8 Å². The van der Waals surface area contributed by atoms with Gasteiger partial charge in [-0.2, -0.15) is 0 Å². The largest absolute Gasteiger partial charge is 0.468 e. The molecule has 2 N–H and O–H groups in total. The molecule has 1 fully saturated rings. The van der Waals surface area contributed by atoms with Gasteiger partial charge < -0.3 is 19.5 Å².